The van der Waals surface area contributed by atoms with Crippen LogP contribution in [0.2, 0.25) is 5.15 Å². The van der Waals surface area contributed by atoms with Crippen LogP contribution in [0.15, 0.2) is 72.1 Å². The van der Waals surface area contributed by atoms with E-state index in [4.69, 9.17) is 27.2 Å². The highest BCUT2D eigenvalue weighted by molar-refractivity contribution is 6.30. The largest absolute Gasteiger partial charge is 0.422 e. The Morgan fingerprint density at radius 3 is 2.03 bits per heavy atom. The molecule has 8 heteroatoms. The fourth-order valence-electron chi connectivity index (χ4n) is 4.13. The molecule has 1 aliphatic heterocycles. The van der Waals surface area contributed by atoms with Gasteiger partial charge in [-0.1, -0.05) is 48.0 Å². The molecule has 0 fully saturated rings. The lowest BCUT2D eigenvalue weighted by atomic mass is 9.84. The van der Waals surface area contributed by atoms with Gasteiger partial charge in [-0.15, -0.1) is 0 Å². The van der Waals surface area contributed by atoms with Crippen molar-refractivity contribution >= 4 is 11.6 Å². The van der Waals surface area contributed by atoms with Gasteiger partial charge in [0.25, 0.3) is 0 Å². The molecule has 0 unspecified atom stereocenters. The number of nitrogens with zero attached hydrogens (tertiary/aromatic N) is 5. The van der Waals surface area contributed by atoms with Crippen LogP contribution < -0.4 is 10.5 Å². The molecule has 0 amide bonds. The van der Waals surface area contributed by atoms with Gasteiger partial charge < -0.3 is 10.5 Å². The van der Waals surface area contributed by atoms with Crippen LogP contribution in [0.1, 0.15) is 28.4 Å². The molecule has 2 aromatic heterocycles. The maximum atomic E-state index is 9.97. The number of halogens is 1. The Balaban J connectivity index is 1.75. The molecule has 7 nitrogen and oxygen atoms in total. The molecule has 5 rings (SSSR count). The first-order valence-electron chi connectivity index (χ1n) is 10.0. The Bertz CT molecular complexity index is 1400. The molecular formula is C24H19ClN6O. The second kappa shape index (κ2) is 7.59. The summed E-state index contributed by atoms with van der Waals surface area (Å²) in [4.78, 5) is 0. The number of aryl methyl sites for hydroxylation is 2. The van der Waals surface area contributed by atoms with Gasteiger partial charge in [0, 0.05) is 5.56 Å². The summed E-state index contributed by atoms with van der Waals surface area (Å²) in [5.41, 5.74) is 11.0. The lowest BCUT2D eigenvalue weighted by Crippen LogP contribution is -2.22. The number of allylic oxidation sites excluding steroid dienone is 1. The Morgan fingerprint density at radius 1 is 0.906 bits per heavy atom. The molecule has 2 N–H and O–H groups in total. The molecule has 1 aliphatic rings. The topological polar surface area (TPSA) is 94.7 Å². The van der Waals surface area contributed by atoms with Crippen LogP contribution in [0.25, 0.3) is 11.4 Å². The van der Waals surface area contributed by atoms with Gasteiger partial charge in [0.15, 0.2) is 0 Å². The maximum Gasteiger partial charge on any atom is 0.229 e. The van der Waals surface area contributed by atoms with Crippen LogP contribution in [-0.2, 0) is 0 Å². The average Bonchev–Trinajstić information content (AvgIpc) is 3.29. The minimum Gasteiger partial charge on any atom is -0.422 e. The van der Waals surface area contributed by atoms with Crippen molar-refractivity contribution in [3.8, 4) is 23.3 Å². The van der Waals surface area contributed by atoms with E-state index in [1.54, 1.807) is 9.36 Å². The van der Waals surface area contributed by atoms with Gasteiger partial charge >= 0.3 is 0 Å². The molecule has 4 aromatic rings. The zero-order valence-electron chi connectivity index (χ0n) is 17.5. The van der Waals surface area contributed by atoms with Gasteiger partial charge in [0.05, 0.1) is 34.2 Å². The summed E-state index contributed by atoms with van der Waals surface area (Å²) in [7, 11) is 0. The van der Waals surface area contributed by atoms with E-state index in [0.29, 0.717) is 22.3 Å². The lowest BCUT2D eigenvalue weighted by molar-refractivity contribution is 0.367. The third-order valence-electron chi connectivity index (χ3n) is 5.57. The summed E-state index contributed by atoms with van der Waals surface area (Å²) in [5.74, 6) is -0.0469. The van der Waals surface area contributed by atoms with Crippen molar-refractivity contribution in [1.29, 1.82) is 5.26 Å². The van der Waals surface area contributed by atoms with Gasteiger partial charge in [-0.25, -0.2) is 9.36 Å². The van der Waals surface area contributed by atoms with Crippen molar-refractivity contribution in [2.24, 2.45) is 5.73 Å². The van der Waals surface area contributed by atoms with Crippen LogP contribution >= 0.6 is 11.6 Å². The SMILES string of the molecule is Cc1nn(-c2ccccc2)c(Cl)c1[C@H]1C(C#N)=C(N)Oc2c1c(C)nn2-c1ccccc1. The monoisotopic (exact) mass is 442 g/mol. The van der Waals surface area contributed by atoms with E-state index < -0.39 is 5.92 Å². The van der Waals surface area contributed by atoms with Crippen molar-refractivity contribution in [2.45, 2.75) is 19.8 Å². The molecule has 158 valence electrons. The molecule has 32 heavy (non-hydrogen) atoms. The lowest BCUT2D eigenvalue weighted by Gasteiger charge is -2.24. The van der Waals surface area contributed by atoms with Gasteiger partial charge in [-0.3, -0.25) is 0 Å². The summed E-state index contributed by atoms with van der Waals surface area (Å²) in [6, 6.07) is 21.5. The average molecular weight is 443 g/mol. The van der Waals surface area contributed by atoms with E-state index in [0.717, 1.165) is 22.6 Å². The second-order valence-corrected chi connectivity index (χ2v) is 7.87. The molecule has 2 aromatic carbocycles. The van der Waals surface area contributed by atoms with Crippen LogP contribution in [0.5, 0.6) is 5.88 Å². The zero-order valence-corrected chi connectivity index (χ0v) is 18.2. The number of nitrogens with two attached hydrogens (primary N) is 1. The molecule has 0 radical (unpaired) electrons. The van der Waals surface area contributed by atoms with Gasteiger partial charge in [0.2, 0.25) is 11.8 Å². The number of rotatable bonds is 3. The smallest absolute Gasteiger partial charge is 0.229 e. The first-order valence-corrected chi connectivity index (χ1v) is 10.4. The van der Waals surface area contributed by atoms with E-state index in [-0.39, 0.29) is 11.5 Å². The molecular weight excluding hydrogens is 424 g/mol. The molecule has 3 heterocycles. The predicted octanol–water partition coefficient (Wildman–Crippen LogP) is 4.55. The molecule has 0 saturated heterocycles. The number of benzene rings is 2. The van der Waals surface area contributed by atoms with Crippen molar-refractivity contribution in [3.63, 3.8) is 0 Å². The van der Waals surface area contributed by atoms with Gasteiger partial charge in [-0.05, 0) is 38.1 Å². The Hall–Kier alpha value is -4.02. The molecule has 0 bridgehead atoms. The van der Waals surface area contributed by atoms with E-state index in [1.165, 1.54) is 0 Å². The fraction of sp³-hybridized carbons (Fsp3) is 0.125. The number of para-hydroxylation sites is 2. The Kier molecular flexibility index (Phi) is 4.72. The first-order chi connectivity index (χ1) is 15.5. The Labute approximate surface area is 189 Å². The fourth-order valence-corrected chi connectivity index (χ4v) is 4.51. The number of ether oxygens (including phenoxy) is 1. The minimum atomic E-state index is -0.550. The highest BCUT2D eigenvalue weighted by Gasteiger charge is 2.39. The number of hydrogen-bond acceptors (Lipinski definition) is 5. The zero-order chi connectivity index (χ0) is 22.4. The standard InChI is InChI=1S/C24H19ClN6O/c1-14-19(22(25)30(28-14)16-9-5-3-6-10-16)21-18(13-26)23(27)32-24-20(21)15(2)29-31(24)17-11-7-4-8-12-17/h3-12,21H,27H2,1-2H3/t21-/m1/s1. The van der Waals surface area contributed by atoms with Crippen molar-refractivity contribution in [3.05, 3.63) is 99.8 Å². The number of fused-ring (bicyclic) bond motifs is 1. The van der Waals surface area contributed by atoms with E-state index >= 15 is 0 Å². The summed E-state index contributed by atoms with van der Waals surface area (Å²) in [6.07, 6.45) is 0. The summed E-state index contributed by atoms with van der Waals surface area (Å²) >= 11 is 6.87. The van der Waals surface area contributed by atoms with Crippen molar-refractivity contribution in [2.75, 3.05) is 0 Å². The summed E-state index contributed by atoms with van der Waals surface area (Å²) in [5, 5.41) is 19.7. The quantitative estimate of drug-likeness (QED) is 0.502. The van der Waals surface area contributed by atoms with Gasteiger partial charge in [0.1, 0.15) is 16.8 Å². The third kappa shape index (κ3) is 2.96. The van der Waals surface area contributed by atoms with Crippen LogP contribution in [-0.4, -0.2) is 19.6 Å². The van der Waals surface area contributed by atoms with E-state index in [2.05, 4.69) is 11.2 Å². The highest BCUT2D eigenvalue weighted by atomic mass is 35.5. The molecule has 0 spiro atoms. The number of hydrogen-bond donors (Lipinski definition) is 1. The molecule has 0 saturated carbocycles. The summed E-state index contributed by atoms with van der Waals surface area (Å²) < 4.78 is 9.30. The number of aromatic nitrogens is 4. The second-order valence-electron chi connectivity index (χ2n) is 7.51. The highest BCUT2D eigenvalue weighted by Crippen LogP contribution is 2.47. The van der Waals surface area contributed by atoms with Crippen LogP contribution in [0.4, 0.5) is 0 Å². The van der Waals surface area contributed by atoms with Crippen molar-refractivity contribution < 1.29 is 4.74 Å². The minimum absolute atomic E-state index is 0.0324. The van der Waals surface area contributed by atoms with E-state index in [1.807, 2.05) is 74.5 Å². The van der Waals surface area contributed by atoms with Crippen LogP contribution in [0, 0.1) is 25.2 Å². The summed E-state index contributed by atoms with van der Waals surface area (Å²) in [6.45, 7) is 3.76. The maximum absolute atomic E-state index is 9.97. The third-order valence-corrected chi connectivity index (χ3v) is 5.93. The van der Waals surface area contributed by atoms with E-state index in [9.17, 15) is 5.26 Å². The number of nitriles is 1. The molecule has 1 atom stereocenters. The predicted molar refractivity (Wildman–Crippen MR) is 121 cm³/mol. The molecule has 0 aliphatic carbocycles. The van der Waals surface area contributed by atoms with Crippen LogP contribution in [0.3, 0.4) is 0 Å². The normalized spacial score (nSPS) is 15.2. The van der Waals surface area contributed by atoms with Gasteiger partial charge in [-0.2, -0.15) is 15.5 Å². The first kappa shape index (κ1) is 19.9. The Morgan fingerprint density at radius 2 is 1.44 bits per heavy atom. The van der Waals surface area contributed by atoms with Crippen molar-refractivity contribution in [1.82, 2.24) is 19.6 Å².